The Morgan fingerprint density at radius 3 is 2.79 bits per heavy atom. The van der Waals surface area contributed by atoms with E-state index >= 15 is 0 Å². The summed E-state index contributed by atoms with van der Waals surface area (Å²) in [5, 5.41) is 3.15. The number of hydrogen-bond donors (Lipinski definition) is 1. The highest BCUT2D eigenvalue weighted by Crippen LogP contribution is 2.23. The maximum absolute atomic E-state index is 13.5. The number of aromatic nitrogens is 2. The molecule has 0 saturated heterocycles. The van der Waals surface area contributed by atoms with Gasteiger partial charge in [0.05, 0.1) is 18.1 Å². The van der Waals surface area contributed by atoms with Crippen LogP contribution in [0.15, 0.2) is 30.6 Å². The highest BCUT2D eigenvalue weighted by molar-refractivity contribution is 5.32. The number of rotatable bonds is 5. The van der Waals surface area contributed by atoms with Gasteiger partial charge in [0.15, 0.2) is 11.6 Å². The third kappa shape index (κ3) is 3.72. The molecule has 0 atom stereocenters. The van der Waals surface area contributed by atoms with Crippen LogP contribution in [0.2, 0.25) is 0 Å². The monoisotopic (exact) mass is 261 g/mol. The molecule has 0 aliphatic heterocycles. The standard InChI is InChI=1S/C14H16FN3O/c1-3-16-7-11-8-18-14(9-17-11)19-13-6-10(2)4-5-12(13)15/h4-6,8-9,16H,3,7H2,1-2H3. The third-order valence-electron chi connectivity index (χ3n) is 2.54. The van der Waals surface area contributed by atoms with Gasteiger partial charge in [-0.15, -0.1) is 0 Å². The molecule has 4 nitrogen and oxygen atoms in total. The van der Waals surface area contributed by atoms with Crippen LogP contribution in [-0.2, 0) is 6.54 Å². The summed E-state index contributed by atoms with van der Waals surface area (Å²) in [7, 11) is 0. The molecule has 0 amide bonds. The zero-order valence-electron chi connectivity index (χ0n) is 11.0. The summed E-state index contributed by atoms with van der Waals surface area (Å²) >= 11 is 0. The molecule has 0 aliphatic carbocycles. The van der Waals surface area contributed by atoms with E-state index in [-0.39, 0.29) is 11.6 Å². The minimum Gasteiger partial charge on any atom is -0.434 e. The predicted octanol–water partition coefficient (Wildman–Crippen LogP) is 2.83. The summed E-state index contributed by atoms with van der Waals surface area (Å²) in [5.41, 5.74) is 1.74. The van der Waals surface area contributed by atoms with Crippen LogP contribution < -0.4 is 10.1 Å². The number of halogens is 1. The van der Waals surface area contributed by atoms with Crippen LogP contribution in [0.4, 0.5) is 4.39 Å². The van der Waals surface area contributed by atoms with Crippen LogP contribution in [0.3, 0.4) is 0 Å². The molecule has 0 radical (unpaired) electrons. The number of nitrogens with zero attached hydrogens (tertiary/aromatic N) is 2. The average Bonchev–Trinajstić information content (AvgIpc) is 2.42. The van der Waals surface area contributed by atoms with E-state index in [1.807, 2.05) is 13.8 Å². The van der Waals surface area contributed by atoms with Crippen molar-refractivity contribution in [2.45, 2.75) is 20.4 Å². The van der Waals surface area contributed by atoms with Crippen molar-refractivity contribution in [2.75, 3.05) is 6.54 Å². The van der Waals surface area contributed by atoms with Gasteiger partial charge in [0.1, 0.15) is 0 Å². The molecule has 100 valence electrons. The van der Waals surface area contributed by atoms with Crippen LogP contribution >= 0.6 is 0 Å². The van der Waals surface area contributed by atoms with Gasteiger partial charge in [-0.05, 0) is 31.2 Å². The molecular weight excluding hydrogens is 245 g/mol. The van der Waals surface area contributed by atoms with Crippen LogP contribution in [-0.4, -0.2) is 16.5 Å². The normalized spacial score (nSPS) is 10.5. The van der Waals surface area contributed by atoms with Crippen molar-refractivity contribution in [3.05, 3.63) is 47.7 Å². The molecule has 2 aromatic rings. The fraction of sp³-hybridized carbons (Fsp3) is 0.286. The first-order valence-corrected chi connectivity index (χ1v) is 6.14. The van der Waals surface area contributed by atoms with E-state index in [9.17, 15) is 4.39 Å². The number of ether oxygens (including phenoxy) is 1. The van der Waals surface area contributed by atoms with Gasteiger partial charge in [-0.3, -0.25) is 4.98 Å². The molecular formula is C14H16FN3O. The smallest absolute Gasteiger partial charge is 0.237 e. The Bertz CT molecular complexity index is 543. The minimum absolute atomic E-state index is 0.161. The van der Waals surface area contributed by atoms with Gasteiger partial charge >= 0.3 is 0 Å². The van der Waals surface area contributed by atoms with Crippen LogP contribution in [0.25, 0.3) is 0 Å². The van der Waals surface area contributed by atoms with E-state index in [0.717, 1.165) is 17.8 Å². The van der Waals surface area contributed by atoms with E-state index in [1.165, 1.54) is 12.3 Å². The van der Waals surface area contributed by atoms with Crippen molar-refractivity contribution >= 4 is 0 Å². The van der Waals surface area contributed by atoms with Crippen molar-refractivity contribution in [2.24, 2.45) is 0 Å². The molecule has 1 heterocycles. The molecule has 1 aromatic carbocycles. The Kier molecular flexibility index (Phi) is 4.41. The highest BCUT2D eigenvalue weighted by Gasteiger charge is 2.06. The van der Waals surface area contributed by atoms with Crippen molar-refractivity contribution in [3.63, 3.8) is 0 Å². The van der Waals surface area contributed by atoms with Crippen LogP contribution in [0.5, 0.6) is 11.6 Å². The lowest BCUT2D eigenvalue weighted by Crippen LogP contribution is -2.13. The van der Waals surface area contributed by atoms with E-state index in [2.05, 4.69) is 15.3 Å². The lowest BCUT2D eigenvalue weighted by molar-refractivity contribution is 0.424. The summed E-state index contributed by atoms with van der Waals surface area (Å²) in [6.45, 7) is 5.42. The first-order chi connectivity index (χ1) is 9.19. The van der Waals surface area contributed by atoms with Crippen molar-refractivity contribution in [1.29, 1.82) is 0 Å². The fourth-order valence-corrected chi connectivity index (χ4v) is 1.54. The molecule has 1 aromatic heterocycles. The second-order valence-corrected chi connectivity index (χ2v) is 4.16. The van der Waals surface area contributed by atoms with Gasteiger partial charge < -0.3 is 10.1 Å². The largest absolute Gasteiger partial charge is 0.434 e. The Hall–Kier alpha value is -2.01. The van der Waals surface area contributed by atoms with E-state index < -0.39 is 5.82 Å². The summed E-state index contributed by atoms with van der Waals surface area (Å²) in [6, 6.07) is 4.69. The summed E-state index contributed by atoms with van der Waals surface area (Å²) in [4.78, 5) is 8.30. The van der Waals surface area contributed by atoms with Gasteiger partial charge in [0.2, 0.25) is 5.88 Å². The molecule has 19 heavy (non-hydrogen) atoms. The summed E-state index contributed by atoms with van der Waals surface area (Å²) in [5.74, 6) is 0.0302. The third-order valence-corrected chi connectivity index (χ3v) is 2.54. The first-order valence-electron chi connectivity index (χ1n) is 6.14. The van der Waals surface area contributed by atoms with E-state index in [4.69, 9.17) is 4.74 Å². The maximum atomic E-state index is 13.5. The summed E-state index contributed by atoms with van der Waals surface area (Å²) in [6.07, 6.45) is 3.11. The molecule has 2 rings (SSSR count). The Balaban J connectivity index is 2.08. The van der Waals surface area contributed by atoms with E-state index in [1.54, 1.807) is 18.3 Å². The van der Waals surface area contributed by atoms with E-state index in [0.29, 0.717) is 6.54 Å². The zero-order chi connectivity index (χ0) is 13.7. The van der Waals surface area contributed by atoms with Crippen molar-refractivity contribution in [1.82, 2.24) is 15.3 Å². The number of benzene rings is 1. The molecule has 0 saturated carbocycles. The first kappa shape index (κ1) is 13.4. The number of nitrogens with one attached hydrogen (secondary N) is 1. The van der Waals surface area contributed by atoms with Gasteiger partial charge in [-0.25, -0.2) is 9.37 Å². The van der Waals surface area contributed by atoms with Crippen LogP contribution in [0, 0.1) is 12.7 Å². The molecule has 0 bridgehead atoms. The average molecular weight is 261 g/mol. The SMILES string of the molecule is CCNCc1cnc(Oc2cc(C)ccc2F)cn1. The second kappa shape index (κ2) is 6.24. The van der Waals surface area contributed by atoms with Crippen LogP contribution in [0.1, 0.15) is 18.2 Å². The fourth-order valence-electron chi connectivity index (χ4n) is 1.54. The maximum Gasteiger partial charge on any atom is 0.237 e. The molecule has 0 aliphatic rings. The number of aryl methyl sites for hydroxylation is 1. The lowest BCUT2D eigenvalue weighted by Gasteiger charge is -2.07. The van der Waals surface area contributed by atoms with Gasteiger partial charge in [-0.2, -0.15) is 0 Å². The van der Waals surface area contributed by atoms with Gasteiger partial charge in [0.25, 0.3) is 0 Å². The topological polar surface area (TPSA) is 47.0 Å². The van der Waals surface area contributed by atoms with Crippen molar-refractivity contribution in [3.8, 4) is 11.6 Å². The number of hydrogen-bond acceptors (Lipinski definition) is 4. The Morgan fingerprint density at radius 2 is 2.11 bits per heavy atom. The summed E-state index contributed by atoms with van der Waals surface area (Å²) < 4.78 is 18.9. The highest BCUT2D eigenvalue weighted by atomic mass is 19.1. The quantitative estimate of drug-likeness (QED) is 0.899. The molecule has 1 N–H and O–H groups in total. The predicted molar refractivity (Wildman–Crippen MR) is 70.6 cm³/mol. The van der Waals surface area contributed by atoms with Gasteiger partial charge in [-0.1, -0.05) is 13.0 Å². The molecule has 0 fully saturated rings. The molecule has 0 spiro atoms. The molecule has 5 heteroatoms. The molecule has 0 unspecified atom stereocenters. The van der Waals surface area contributed by atoms with Crippen molar-refractivity contribution < 1.29 is 9.13 Å². The minimum atomic E-state index is -0.413. The zero-order valence-corrected chi connectivity index (χ0v) is 11.0. The van der Waals surface area contributed by atoms with Gasteiger partial charge in [0, 0.05) is 6.54 Å². The second-order valence-electron chi connectivity index (χ2n) is 4.16. The lowest BCUT2D eigenvalue weighted by atomic mass is 10.2. The Labute approximate surface area is 111 Å². The Morgan fingerprint density at radius 1 is 1.26 bits per heavy atom.